The molecule has 0 aliphatic heterocycles. The topological polar surface area (TPSA) is 66.5 Å². The van der Waals surface area contributed by atoms with Gasteiger partial charge in [0, 0.05) is 25.2 Å². The van der Waals surface area contributed by atoms with E-state index in [1.807, 2.05) is 13.8 Å². The summed E-state index contributed by atoms with van der Waals surface area (Å²) in [6, 6.07) is 6.34. The number of rotatable bonds is 6. The van der Waals surface area contributed by atoms with Gasteiger partial charge in [-0.2, -0.15) is 4.31 Å². The predicted molar refractivity (Wildman–Crippen MR) is 98.7 cm³/mol. The molecule has 1 amide bonds. The highest BCUT2D eigenvalue weighted by molar-refractivity contribution is 7.89. The number of amides is 1. The van der Waals surface area contributed by atoms with E-state index in [4.69, 9.17) is 0 Å². The van der Waals surface area contributed by atoms with Crippen LogP contribution in [0.3, 0.4) is 0 Å². The molecular formula is C19H28N2O3S. The summed E-state index contributed by atoms with van der Waals surface area (Å²) in [5.41, 5.74) is 0.652. The van der Waals surface area contributed by atoms with Crippen LogP contribution in [-0.4, -0.2) is 31.7 Å². The van der Waals surface area contributed by atoms with Gasteiger partial charge in [-0.1, -0.05) is 6.42 Å². The Hall–Kier alpha value is -1.40. The number of hydrogen-bond acceptors (Lipinski definition) is 3. The molecule has 2 bridgehead atoms. The Kier molecular flexibility index (Phi) is 5.21. The zero-order valence-electron chi connectivity index (χ0n) is 15.2. The zero-order chi connectivity index (χ0) is 18.2. The molecule has 25 heavy (non-hydrogen) atoms. The second-order valence-corrected chi connectivity index (χ2v) is 9.82. The predicted octanol–water partition coefficient (Wildman–Crippen LogP) is 3.48. The van der Waals surface area contributed by atoms with Crippen LogP contribution >= 0.6 is 0 Å². The van der Waals surface area contributed by atoms with Crippen LogP contribution < -0.4 is 5.32 Å². The van der Waals surface area contributed by atoms with E-state index in [9.17, 15) is 13.2 Å². The second kappa shape index (κ2) is 7.08. The van der Waals surface area contributed by atoms with Gasteiger partial charge in [-0.25, -0.2) is 8.42 Å². The van der Waals surface area contributed by atoms with Gasteiger partial charge in [-0.15, -0.1) is 0 Å². The summed E-state index contributed by atoms with van der Waals surface area (Å²) in [5, 5.41) is 2.91. The van der Waals surface area contributed by atoms with Gasteiger partial charge >= 0.3 is 0 Å². The highest BCUT2D eigenvalue weighted by Crippen LogP contribution is 2.49. The molecule has 5 nitrogen and oxygen atoms in total. The first-order valence-corrected chi connectivity index (χ1v) is 10.6. The van der Waals surface area contributed by atoms with Crippen LogP contribution in [-0.2, 0) is 14.8 Å². The van der Waals surface area contributed by atoms with Crippen molar-refractivity contribution in [3.05, 3.63) is 24.3 Å². The summed E-state index contributed by atoms with van der Waals surface area (Å²) < 4.78 is 26.2. The molecule has 2 fully saturated rings. The molecule has 6 heteroatoms. The quantitative estimate of drug-likeness (QED) is 0.840. The number of hydrogen-bond donors (Lipinski definition) is 1. The van der Waals surface area contributed by atoms with E-state index in [0.717, 1.165) is 11.8 Å². The van der Waals surface area contributed by atoms with Crippen molar-refractivity contribution in [1.29, 1.82) is 0 Å². The van der Waals surface area contributed by atoms with Gasteiger partial charge in [-0.3, -0.25) is 4.79 Å². The van der Waals surface area contributed by atoms with Crippen molar-refractivity contribution in [3.8, 4) is 0 Å². The Bertz CT molecular complexity index is 728. The first kappa shape index (κ1) is 18.4. The van der Waals surface area contributed by atoms with E-state index in [1.54, 1.807) is 31.3 Å². The molecule has 2 aliphatic carbocycles. The average molecular weight is 365 g/mol. The number of nitrogens with one attached hydrogen (secondary N) is 1. The first-order chi connectivity index (χ1) is 11.8. The number of sulfonamides is 1. The number of anilines is 1. The number of carbonyl (C=O) groups excluding carboxylic acids is 1. The third kappa shape index (κ3) is 3.90. The van der Waals surface area contributed by atoms with Gasteiger partial charge < -0.3 is 5.32 Å². The molecule has 0 spiro atoms. The maximum absolute atomic E-state index is 12.4. The van der Waals surface area contributed by atoms with Crippen molar-refractivity contribution >= 4 is 21.6 Å². The van der Waals surface area contributed by atoms with E-state index in [1.165, 1.54) is 30.0 Å². The van der Waals surface area contributed by atoms with E-state index in [2.05, 4.69) is 5.32 Å². The van der Waals surface area contributed by atoms with Crippen molar-refractivity contribution in [1.82, 2.24) is 4.31 Å². The molecule has 0 heterocycles. The number of benzene rings is 1. The molecule has 0 saturated heterocycles. The van der Waals surface area contributed by atoms with Crippen LogP contribution in [0.4, 0.5) is 5.69 Å². The SMILES string of the molecule is CC(C)N(C)S(=O)(=O)c1ccc(NC(=O)CC2CC3CCC2C3)cc1. The minimum atomic E-state index is -3.49. The molecule has 1 N–H and O–H groups in total. The highest BCUT2D eigenvalue weighted by Gasteiger charge is 2.40. The largest absolute Gasteiger partial charge is 0.326 e. The van der Waals surface area contributed by atoms with E-state index < -0.39 is 10.0 Å². The summed E-state index contributed by atoms with van der Waals surface area (Å²) in [7, 11) is -1.91. The number of fused-ring (bicyclic) bond motifs is 2. The summed E-state index contributed by atoms with van der Waals surface area (Å²) in [5.74, 6) is 2.13. The Labute approximate surface area is 150 Å². The van der Waals surface area contributed by atoms with E-state index in [-0.39, 0.29) is 16.8 Å². The van der Waals surface area contributed by atoms with Gasteiger partial charge in [0.1, 0.15) is 0 Å². The molecule has 138 valence electrons. The lowest BCUT2D eigenvalue weighted by molar-refractivity contribution is -0.117. The lowest BCUT2D eigenvalue weighted by Crippen LogP contribution is -2.33. The summed E-state index contributed by atoms with van der Waals surface area (Å²) >= 11 is 0. The van der Waals surface area contributed by atoms with Crippen LogP contribution in [0.5, 0.6) is 0 Å². The monoisotopic (exact) mass is 364 g/mol. The molecule has 1 aromatic carbocycles. The van der Waals surface area contributed by atoms with Crippen LogP contribution in [0.15, 0.2) is 29.2 Å². The minimum Gasteiger partial charge on any atom is -0.326 e. The minimum absolute atomic E-state index is 0.0347. The van der Waals surface area contributed by atoms with Crippen molar-refractivity contribution < 1.29 is 13.2 Å². The van der Waals surface area contributed by atoms with Gasteiger partial charge in [0.2, 0.25) is 15.9 Å². The summed E-state index contributed by atoms with van der Waals surface area (Å²) in [4.78, 5) is 12.5. The maximum Gasteiger partial charge on any atom is 0.243 e. The molecule has 3 rings (SSSR count). The fraction of sp³-hybridized carbons (Fsp3) is 0.632. The van der Waals surface area contributed by atoms with Crippen LogP contribution in [0.1, 0.15) is 46.0 Å². The fourth-order valence-corrected chi connectivity index (χ4v) is 5.60. The Morgan fingerprint density at radius 3 is 2.40 bits per heavy atom. The van der Waals surface area contributed by atoms with E-state index in [0.29, 0.717) is 18.0 Å². The Morgan fingerprint density at radius 2 is 1.88 bits per heavy atom. The molecule has 2 saturated carbocycles. The van der Waals surface area contributed by atoms with Gasteiger partial charge in [0.15, 0.2) is 0 Å². The van der Waals surface area contributed by atoms with Gasteiger partial charge in [0.05, 0.1) is 4.90 Å². The van der Waals surface area contributed by atoms with Crippen LogP contribution in [0.2, 0.25) is 0 Å². The molecule has 0 aromatic heterocycles. The highest BCUT2D eigenvalue weighted by atomic mass is 32.2. The van der Waals surface area contributed by atoms with Crippen molar-refractivity contribution in [2.75, 3.05) is 12.4 Å². The lowest BCUT2D eigenvalue weighted by Gasteiger charge is -2.21. The Balaban J connectivity index is 1.60. The molecule has 1 aromatic rings. The smallest absolute Gasteiger partial charge is 0.243 e. The van der Waals surface area contributed by atoms with Crippen molar-refractivity contribution in [2.45, 2.75) is 56.9 Å². The molecule has 3 unspecified atom stereocenters. The molecule has 2 aliphatic rings. The number of nitrogens with zero attached hydrogens (tertiary/aromatic N) is 1. The molecule has 3 atom stereocenters. The average Bonchev–Trinajstić information content (AvgIpc) is 3.17. The molecule has 0 radical (unpaired) electrons. The first-order valence-electron chi connectivity index (χ1n) is 9.15. The maximum atomic E-state index is 12.4. The van der Waals surface area contributed by atoms with Gasteiger partial charge in [0.25, 0.3) is 0 Å². The van der Waals surface area contributed by atoms with E-state index >= 15 is 0 Å². The third-order valence-electron chi connectivity index (χ3n) is 5.87. The second-order valence-electron chi connectivity index (χ2n) is 7.83. The summed E-state index contributed by atoms with van der Waals surface area (Å²) in [6.45, 7) is 3.67. The van der Waals surface area contributed by atoms with Crippen molar-refractivity contribution in [2.24, 2.45) is 17.8 Å². The van der Waals surface area contributed by atoms with Crippen LogP contribution in [0.25, 0.3) is 0 Å². The lowest BCUT2D eigenvalue weighted by atomic mass is 9.86. The third-order valence-corrected chi connectivity index (χ3v) is 7.92. The Morgan fingerprint density at radius 1 is 1.20 bits per heavy atom. The molecular weight excluding hydrogens is 336 g/mol. The number of carbonyl (C=O) groups is 1. The van der Waals surface area contributed by atoms with Gasteiger partial charge in [-0.05, 0) is 75.1 Å². The summed E-state index contributed by atoms with van der Waals surface area (Å²) in [6.07, 6.45) is 5.68. The fourth-order valence-electron chi connectivity index (χ4n) is 4.23. The van der Waals surface area contributed by atoms with Crippen molar-refractivity contribution in [3.63, 3.8) is 0 Å². The zero-order valence-corrected chi connectivity index (χ0v) is 16.1. The standard InChI is InChI=1S/C19H28N2O3S/c1-13(2)21(3)25(23,24)18-8-6-17(7-9-18)20-19(22)12-16-11-14-4-5-15(16)10-14/h6-9,13-16H,4-5,10-12H2,1-3H3,(H,20,22). The van der Waals surface area contributed by atoms with Crippen LogP contribution in [0, 0.1) is 17.8 Å². The normalized spacial score (nSPS) is 25.7.